The third-order valence-corrected chi connectivity index (χ3v) is 5.83. The molecule has 3 rings (SSSR count). The number of nitrogens with one attached hydrogen (secondary N) is 1. The minimum Gasteiger partial charge on any atom is -0.357 e. The number of halogens is 2. The topological polar surface area (TPSA) is 51.2 Å². The fourth-order valence-corrected chi connectivity index (χ4v) is 3.88. The van der Waals surface area contributed by atoms with Crippen molar-refractivity contribution < 1.29 is 4.79 Å². The molecule has 0 saturated carbocycles. The Morgan fingerprint density at radius 2 is 1.86 bits per heavy atom. The predicted molar refractivity (Wildman–Crippen MR) is 130 cm³/mol. The molecule has 2 aliphatic heterocycles. The normalized spacial score (nSPS) is 19.3. The number of amides is 1. The van der Waals surface area contributed by atoms with Crippen LogP contribution in [-0.2, 0) is 11.3 Å². The Morgan fingerprint density at radius 1 is 1.17 bits per heavy atom. The number of piperidine rings is 1. The average molecular weight is 534 g/mol. The quantitative estimate of drug-likeness (QED) is 0.359. The first-order valence-electron chi connectivity index (χ1n) is 10.3. The highest BCUT2D eigenvalue weighted by molar-refractivity contribution is 14.0. The van der Waals surface area contributed by atoms with Crippen LogP contribution in [0.2, 0.25) is 5.02 Å². The number of rotatable bonds is 5. The Kier molecular flexibility index (Phi) is 9.98. The van der Waals surface area contributed by atoms with Crippen molar-refractivity contribution in [3.8, 4) is 0 Å². The molecule has 0 bridgehead atoms. The molecule has 2 heterocycles. The summed E-state index contributed by atoms with van der Waals surface area (Å²) in [5, 5.41) is 4.09. The SMILES string of the molecule is CCNC(=NCC1CCN(C)CC1)N1CCN(Cc2ccc(Cl)cc2)C(=O)C1.I. The fraction of sp³-hybridized carbons (Fsp3) is 0.619. The molecule has 1 aromatic rings. The Labute approximate surface area is 196 Å². The second-order valence-electron chi connectivity index (χ2n) is 7.80. The van der Waals surface area contributed by atoms with E-state index in [2.05, 4.69) is 29.1 Å². The summed E-state index contributed by atoms with van der Waals surface area (Å²) in [6.45, 7) is 8.56. The number of benzene rings is 1. The van der Waals surface area contributed by atoms with Crippen LogP contribution in [0.5, 0.6) is 0 Å². The number of hydrogen-bond acceptors (Lipinski definition) is 3. The Balaban J connectivity index is 0.00000300. The number of guanidine groups is 1. The first kappa shape index (κ1) is 24.2. The summed E-state index contributed by atoms with van der Waals surface area (Å²) in [5.41, 5.74) is 1.11. The number of nitrogens with zero attached hydrogens (tertiary/aromatic N) is 4. The minimum absolute atomic E-state index is 0. The van der Waals surface area contributed by atoms with Gasteiger partial charge in [0, 0.05) is 37.7 Å². The molecule has 2 saturated heterocycles. The van der Waals surface area contributed by atoms with Crippen molar-refractivity contribution in [2.45, 2.75) is 26.3 Å². The van der Waals surface area contributed by atoms with Crippen molar-refractivity contribution in [3.63, 3.8) is 0 Å². The molecule has 29 heavy (non-hydrogen) atoms. The van der Waals surface area contributed by atoms with E-state index >= 15 is 0 Å². The molecular formula is C21H33ClIN5O. The van der Waals surface area contributed by atoms with Crippen LogP contribution in [0, 0.1) is 5.92 Å². The zero-order chi connectivity index (χ0) is 19.9. The summed E-state index contributed by atoms with van der Waals surface area (Å²) in [5.74, 6) is 1.67. The number of carbonyl (C=O) groups is 1. The molecule has 2 aliphatic rings. The molecule has 0 atom stereocenters. The van der Waals surface area contributed by atoms with Crippen molar-refractivity contribution in [2.24, 2.45) is 10.9 Å². The molecule has 162 valence electrons. The van der Waals surface area contributed by atoms with Crippen molar-refractivity contribution in [1.29, 1.82) is 0 Å². The molecule has 0 unspecified atom stereocenters. The van der Waals surface area contributed by atoms with Gasteiger partial charge in [0.25, 0.3) is 0 Å². The third-order valence-electron chi connectivity index (χ3n) is 5.58. The molecule has 0 radical (unpaired) electrons. The molecule has 1 amide bonds. The van der Waals surface area contributed by atoms with Gasteiger partial charge in [-0.1, -0.05) is 23.7 Å². The van der Waals surface area contributed by atoms with E-state index in [-0.39, 0.29) is 29.9 Å². The maximum atomic E-state index is 12.7. The van der Waals surface area contributed by atoms with Gasteiger partial charge in [0.1, 0.15) is 0 Å². The Bertz CT molecular complexity index is 676. The average Bonchev–Trinajstić information content (AvgIpc) is 2.69. The van der Waals surface area contributed by atoms with Crippen LogP contribution >= 0.6 is 35.6 Å². The van der Waals surface area contributed by atoms with Crippen LogP contribution in [-0.4, -0.2) is 79.4 Å². The molecule has 0 aliphatic carbocycles. The lowest BCUT2D eigenvalue weighted by atomic mass is 9.97. The highest BCUT2D eigenvalue weighted by Gasteiger charge is 2.26. The van der Waals surface area contributed by atoms with Crippen LogP contribution in [0.25, 0.3) is 0 Å². The second-order valence-corrected chi connectivity index (χ2v) is 8.24. The van der Waals surface area contributed by atoms with Crippen molar-refractivity contribution in [3.05, 3.63) is 34.9 Å². The van der Waals surface area contributed by atoms with Crippen LogP contribution in [0.1, 0.15) is 25.3 Å². The summed E-state index contributed by atoms with van der Waals surface area (Å²) >= 11 is 5.95. The summed E-state index contributed by atoms with van der Waals surface area (Å²) in [6, 6.07) is 7.71. The van der Waals surface area contributed by atoms with Gasteiger partial charge in [-0.15, -0.1) is 24.0 Å². The standard InChI is InChI=1S/C21H32ClN5O.HI/c1-3-23-21(24-14-17-8-10-25(2)11-9-17)27-13-12-26(20(28)16-27)15-18-4-6-19(22)7-5-18;/h4-7,17H,3,8-16H2,1-2H3,(H,23,24);1H. The summed E-state index contributed by atoms with van der Waals surface area (Å²) in [6.07, 6.45) is 2.40. The molecule has 0 aromatic heterocycles. The molecule has 0 spiro atoms. The molecule has 2 fully saturated rings. The monoisotopic (exact) mass is 533 g/mol. The van der Waals surface area contributed by atoms with Gasteiger partial charge in [-0.05, 0) is 63.5 Å². The van der Waals surface area contributed by atoms with Gasteiger partial charge < -0.3 is 20.0 Å². The maximum Gasteiger partial charge on any atom is 0.242 e. The molecule has 1 aromatic carbocycles. The van der Waals surface area contributed by atoms with Crippen LogP contribution in [0.4, 0.5) is 0 Å². The van der Waals surface area contributed by atoms with E-state index in [1.807, 2.05) is 29.2 Å². The van der Waals surface area contributed by atoms with E-state index in [0.29, 0.717) is 25.6 Å². The molecular weight excluding hydrogens is 501 g/mol. The number of aliphatic imine (C=N–C) groups is 1. The van der Waals surface area contributed by atoms with Crippen LogP contribution < -0.4 is 5.32 Å². The molecule has 1 N–H and O–H groups in total. The number of piperazine rings is 1. The number of carbonyl (C=O) groups excluding carboxylic acids is 1. The summed E-state index contributed by atoms with van der Waals surface area (Å²) in [4.78, 5) is 24.0. The first-order valence-corrected chi connectivity index (χ1v) is 10.7. The van der Waals surface area contributed by atoms with Crippen molar-refractivity contribution >= 4 is 47.4 Å². The first-order chi connectivity index (χ1) is 13.5. The summed E-state index contributed by atoms with van der Waals surface area (Å²) < 4.78 is 0. The van der Waals surface area contributed by atoms with Gasteiger partial charge in [0.15, 0.2) is 5.96 Å². The highest BCUT2D eigenvalue weighted by atomic mass is 127. The zero-order valence-corrected chi connectivity index (χ0v) is 20.5. The highest BCUT2D eigenvalue weighted by Crippen LogP contribution is 2.17. The zero-order valence-electron chi connectivity index (χ0n) is 17.4. The lowest BCUT2D eigenvalue weighted by Crippen LogP contribution is -2.55. The second kappa shape index (κ2) is 12.0. The van der Waals surface area contributed by atoms with Gasteiger partial charge in [-0.2, -0.15) is 0 Å². The van der Waals surface area contributed by atoms with Crippen LogP contribution in [0.15, 0.2) is 29.3 Å². The fourth-order valence-electron chi connectivity index (χ4n) is 3.75. The van der Waals surface area contributed by atoms with E-state index in [4.69, 9.17) is 16.6 Å². The third kappa shape index (κ3) is 7.29. The van der Waals surface area contributed by atoms with E-state index in [1.165, 1.54) is 12.8 Å². The number of hydrogen-bond donors (Lipinski definition) is 1. The van der Waals surface area contributed by atoms with Crippen molar-refractivity contribution in [1.82, 2.24) is 20.0 Å². The lowest BCUT2D eigenvalue weighted by Gasteiger charge is -2.36. The van der Waals surface area contributed by atoms with Gasteiger partial charge in [-0.3, -0.25) is 9.79 Å². The van der Waals surface area contributed by atoms with E-state index in [9.17, 15) is 4.79 Å². The van der Waals surface area contributed by atoms with E-state index in [0.717, 1.165) is 49.3 Å². The van der Waals surface area contributed by atoms with Gasteiger partial charge in [0.2, 0.25) is 5.91 Å². The van der Waals surface area contributed by atoms with Crippen molar-refractivity contribution in [2.75, 3.05) is 52.9 Å². The largest absolute Gasteiger partial charge is 0.357 e. The summed E-state index contributed by atoms with van der Waals surface area (Å²) in [7, 11) is 2.18. The van der Waals surface area contributed by atoms with Crippen LogP contribution in [0.3, 0.4) is 0 Å². The van der Waals surface area contributed by atoms with Gasteiger partial charge >= 0.3 is 0 Å². The van der Waals surface area contributed by atoms with Gasteiger partial charge in [0.05, 0.1) is 6.54 Å². The Hall–Kier alpha value is -1.06. The smallest absolute Gasteiger partial charge is 0.242 e. The molecule has 8 heteroatoms. The lowest BCUT2D eigenvalue weighted by molar-refractivity contribution is -0.135. The minimum atomic E-state index is 0. The van der Waals surface area contributed by atoms with E-state index in [1.54, 1.807) is 0 Å². The molecule has 6 nitrogen and oxygen atoms in total. The number of likely N-dealkylation sites (tertiary alicyclic amines) is 1. The predicted octanol–water partition coefficient (Wildman–Crippen LogP) is 2.91. The van der Waals surface area contributed by atoms with E-state index < -0.39 is 0 Å². The maximum absolute atomic E-state index is 12.7. The van der Waals surface area contributed by atoms with Gasteiger partial charge in [-0.25, -0.2) is 0 Å². The Morgan fingerprint density at radius 3 is 2.48 bits per heavy atom.